The molecule has 0 bridgehead atoms. The van der Waals surface area contributed by atoms with Crippen molar-refractivity contribution in [3.05, 3.63) is 28.2 Å². The van der Waals surface area contributed by atoms with E-state index in [9.17, 15) is 12.8 Å². The fraction of sp³-hybridized carbons (Fsp3) is 0.500. The van der Waals surface area contributed by atoms with Crippen LogP contribution in [-0.4, -0.2) is 18.7 Å². The maximum Gasteiger partial charge on any atom is 0.213 e. The van der Waals surface area contributed by atoms with Gasteiger partial charge in [0.2, 0.25) is 5.95 Å². The van der Waals surface area contributed by atoms with Crippen molar-refractivity contribution in [2.24, 2.45) is 0 Å². The molecular formula is C10H11BrFNO2S. The quantitative estimate of drug-likeness (QED) is 0.806. The van der Waals surface area contributed by atoms with Gasteiger partial charge in [-0.1, -0.05) is 6.42 Å². The third-order valence-electron chi connectivity index (χ3n) is 2.78. The van der Waals surface area contributed by atoms with Crippen LogP contribution >= 0.6 is 15.9 Å². The molecule has 1 aliphatic carbocycles. The summed E-state index contributed by atoms with van der Waals surface area (Å²) in [5, 5.41) is -0.260. The van der Waals surface area contributed by atoms with Crippen molar-refractivity contribution in [1.29, 1.82) is 0 Å². The summed E-state index contributed by atoms with van der Waals surface area (Å²) in [7, 11) is -3.18. The molecule has 16 heavy (non-hydrogen) atoms. The first-order chi connectivity index (χ1) is 7.49. The van der Waals surface area contributed by atoms with E-state index in [-0.39, 0.29) is 16.7 Å². The van der Waals surface area contributed by atoms with Gasteiger partial charge in [-0.25, -0.2) is 13.4 Å². The van der Waals surface area contributed by atoms with Gasteiger partial charge in [-0.15, -0.1) is 0 Å². The fourth-order valence-corrected chi connectivity index (χ4v) is 4.03. The topological polar surface area (TPSA) is 47.0 Å². The van der Waals surface area contributed by atoms with Gasteiger partial charge in [0.25, 0.3) is 0 Å². The van der Waals surface area contributed by atoms with Crippen LogP contribution in [0.1, 0.15) is 25.0 Å². The van der Waals surface area contributed by atoms with Crippen LogP contribution in [0.5, 0.6) is 0 Å². The molecule has 3 nitrogen and oxygen atoms in total. The molecule has 1 heterocycles. The lowest BCUT2D eigenvalue weighted by Gasteiger charge is -2.25. The maximum atomic E-state index is 12.9. The van der Waals surface area contributed by atoms with Crippen LogP contribution in [0.3, 0.4) is 0 Å². The molecule has 0 amide bonds. The third-order valence-corrected chi connectivity index (χ3v) is 5.67. The van der Waals surface area contributed by atoms with Crippen LogP contribution in [0.15, 0.2) is 16.6 Å². The predicted octanol–water partition coefficient (Wildman–Crippen LogP) is 2.45. The second-order valence-corrected chi connectivity index (χ2v) is 7.06. The third kappa shape index (κ3) is 2.43. The van der Waals surface area contributed by atoms with E-state index in [0.29, 0.717) is 4.47 Å². The van der Waals surface area contributed by atoms with Crippen molar-refractivity contribution >= 4 is 25.8 Å². The molecule has 0 aromatic carbocycles. The maximum absolute atomic E-state index is 12.9. The molecule has 0 aliphatic heterocycles. The minimum atomic E-state index is -3.18. The lowest BCUT2D eigenvalue weighted by Crippen LogP contribution is -2.29. The van der Waals surface area contributed by atoms with Gasteiger partial charge in [-0.2, -0.15) is 4.39 Å². The van der Waals surface area contributed by atoms with Gasteiger partial charge in [-0.05, 0) is 40.9 Å². The molecule has 88 valence electrons. The lowest BCUT2D eigenvalue weighted by molar-refractivity contribution is 0.475. The SMILES string of the molecule is O=S(=O)(Cc1nc(F)ccc1Br)C1CCC1. The summed E-state index contributed by atoms with van der Waals surface area (Å²) in [5.41, 5.74) is 0.256. The number of pyridine rings is 1. The summed E-state index contributed by atoms with van der Waals surface area (Å²) in [6.45, 7) is 0. The van der Waals surface area contributed by atoms with Crippen LogP contribution in [0.4, 0.5) is 4.39 Å². The molecule has 0 saturated heterocycles. The molecular weight excluding hydrogens is 297 g/mol. The number of hydrogen-bond acceptors (Lipinski definition) is 3. The first-order valence-electron chi connectivity index (χ1n) is 5.01. The Hall–Kier alpha value is -0.490. The largest absolute Gasteiger partial charge is 0.228 e. The molecule has 0 spiro atoms. The van der Waals surface area contributed by atoms with Crippen molar-refractivity contribution < 1.29 is 12.8 Å². The van der Waals surface area contributed by atoms with E-state index in [1.54, 1.807) is 0 Å². The second kappa shape index (κ2) is 4.41. The Morgan fingerprint density at radius 1 is 1.44 bits per heavy atom. The Morgan fingerprint density at radius 2 is 2.12 bits per heavy atom. The predicted molar refractivity (Wildman–Crippen MR) is 62.2 cm³/mol. The smallest absolute Gasteiger partial charge is 0.213 e. The van der Waals surface area contributed by atoms with Crippen LogP contribution < -0.4 is 0 Å². The molecule has 0 N–H and O–H groups in total. The molecule has 1 fully saturated rings. The van der Waals surface area contributed by atoms with Crippen LogP contribution in [0.25, 0.3) is 0 Å². The Labute approximate surface area is 102 Å². The van der Waals surface area contributed by atoms with Crippen molar-refractivity contribution in [2.75, 3.05) is 0 Å². The Bertz CT molecular complexity index is 500. The number of rotatable bonds is 3. The van der Waals surface area contributed by atoms with E-state index in [0.717, 1.165) is 19.3 Å². The monoisotopic (exact) mass is 307 g/mol. The van der Waals surface area contributed by atoms with Gasteiger partial charge in [-0.3, -0.25) is 0 Å². The highest BCUT2D eigenvalue weighted by molar-refractivity contribution is 9.10. The highest BCUT2D eigenvalue weighted by atomic mass is 79.9. The molecule has 0 unspecified atom stereocenters. The van der Waals surface area contributed by atoms with Crippen molar-refractivity contribution in [2.45, 2.75) is 30.3 Å². The van der Waals surface area contributed by atoms with E-state index in [2.05, 4.69) is 20.9 Å². The van der Waals surface area contributed by atoms with Crippen LogP contribution in [-0.2, 0) is 15.6 Å². The fourth-order valence-electron chi connectivity index (χ4n) is 1.60. The summed E-state index contributed by atoms with van der Waals surface area (Å²) in [5.74, 6) is -0.835. The van der Waals surface area contributed by atoms with Crippen molar-refractivity contribution in [3.8, 4) is 0 Å². The average Bonchev–Trinajstić information content (AvgIpc) is 2.06. The summed E-state index contributed by atoms with van der Waals surface area (Å²) >= 11 is 3.18. The Kier molecular flexibility index (Phi) is 3.30. The number of nitrogens with zero attached hydrogens (tertiary/aromatic N) is 1. The Balaban J connectivity index is 2.23. The standard InChI is InChI=1S/C10H11BrFNO2S/c11-8-4-5-10(12)13-9(8)6-16(14,15)7-2-1-3-7/h4-5,7H,1-3,6H2. The van der Waals surface area contributed by atoms with Gasteiger partial charge < -0.3 is 0 Å². The molecule has 0 atom stereocenters. The van der Waals surface area contributed by atoms with Crippen molar-refractivity contribution in [1.82, 2.24) is 4.98 Å². The zero-order chi connectivity index (χ0) is 11.8. The lowest BCUT2D eigenvalue weighted by atomic mass is 10.0. The highest BCUT2D eigenvalue weighted by Crippen LogP contribution is 2.29. The second-order valence-electron chi connectivity index (χ2n) is 3.92. The summed E-state index contributed by atoms with van der Waals surface area (Å²) in [6, 6.07) is 2.68. The van der Waals surface area contributed by atoms with Gasteiger partial charge in [0.05, 0.1) is 16.7 Å². The van der Waals surface area contributed by atoms with E-state index < -0.39 is 15.8 Å². The van der Waals surface area contributed by atoms with E-state index in [4.69, 9.17) is 0 Å². The van der Waals surface area contributed by atoms with E-state index in [1.165, 1.54) is 12.1 Å². The summed E-state index contributed by atoms with van der Waals surface area (Å²) < 4.78 is 37.2. The molecule has 2 rings (SSSR count). The molecule has 1 aromatic heterocycles. The summed E-state index contributed by atoms with van der Waals surface area (Å²) in [4.78, 5) is 3.61. The van der Waals surface area contributed by atoms with Gasteiger partial charge in [0.15, 0.2) is 9.84 Å². The van der Waals surface area contributed by atoms with E-state index in [1.807, 2.05) is 0 Å². The minimum Gasteiger partial charge on any atom is -0.228 e. The average molecular weight is 308 g/mol. The first-order valence-corrected chi connectivity index (χ1v) is 7.52. The molecule has 1 aliphatic rings. The van der Waals surface area contributed by atoms with Crippen molar-refractivity contribution in [3.63, 3.8) is 0 Å². The normalized spacial score (nSPS) is 17.1. The van der Waals surface area contributed by atoms with Gasteiger partial charge >= 0.3 is 0 Å². The first kappa shape index (κ1) is 12.0. The van der Waals surface area contributed by atoms with Gasteiger partial charge in [0, 0.05) is 4.47 Å². The molecule has 6 heteroatoms. The minimum absolute atomic E-state index is 0.185. The highest BCUT2D eigenvalue weighted by Gasteiger charge is 2.32. The number of sulfone groups is 1. The molecule has 1 aromatic rings. The van der Waals surface area contributed by atoms with Gasteiger partial charge in [0.1, 0.15) is 0 Å². The molecule has 0 radical (unpaired) electrons. The van der Waals surface area contributed by atoms with Crippen LogP contribution in [0.2, 0.25) is 0 Å². The number of hydrogen-bond donors (Lipinski definition) is 0. The molecule has 1 saturated carbocycles. The number of halogens is 2. The number of aromatic nitrogens is 1. The zero-order valence-electron chi connectivity index (χ0n) is 8.49. The zero-order valence-corrected chi connectivity index (χ0v) is 10.9. The summed E-state index contributed by atoms with van der Waals surface area (Å²) in [6.07, 6.45) is 2.40. The van der Waals surface area contributed by atoms with Crippen LogP contribution in [0, 0.1) is 5.95 Å². The Morgan fingerprint density at radius 3 is 2.69 bits per heavy atom. The van der Waals surface area contributed by atoms with E-state index >= 15 is 0 Å².